The lowest BCUT2D eigenvalue weighted by atomic mass is 9.98. The number of hydrogen-bond acceptors (Lipinski definition) is 7. The molecule has 2 aliphatic heterocycles. The molecule has 0 amide bonds. The lowest BCUT2D eigenvalue weighted by Crippen LogP contribution is -2.37. The Balaban J connectivity index is 1.21. The number of aromatic nitrogens is 2. The van der Waals surface area contributed by atoms with E-state index in [1.54, 1.807) is 18.9 Å². The van der Waals surface area contributed by atoms with Gasteiger partial charge in [-0.15, -0.1) is 11.5 Å². The second-order valence-electron chi connectivity index (χ2n) is 9.37. The van der Waals surface area contributed by atoms with Crippen LogP contribution in [-0.4, -0.2) is 49.5 Å². The number of benzene rings is 2. The Labute approximate surface area is 215 Å². The number of ether oxygens (including phenoxy) is 3. The molecule has 0 N–H and O–H groups in total. The molecule has 2 aromatic heterocycles. The molecule has 2 aliphatic rings. The second kappa shape index (κ2) is 9.58. The molecule has 4 aromatic rings. The van der Waals surface area contributed by atoms with Crippen LogP contribution in [0, 0.1) is 18.3 Å². The summed E-state index contributed by atoms with van der Waals surface area (Å²) in [6.45, 7) is 2.57. The van der Waals surface area contributed by atoms with Gasteiger partial charge in [0.05, 0.1) is 38.8 Å². The number of imidazole rings is 1. The average Bonchev–Trinajstić information content (AvgIpc) is 3.65. The molecule has 37 heavy (non-hydrogen) atoms. The molecule has 188 valence electrons. The first-order valence-corrected chi connectivity index (χ1v) is 12.4. The summed E-state index contributed by atoms with van der Waals surface area (Å²) in [7, 11) is 3.26. The molecule has 2 aromatic carbocycles. The van der Waals surface area contributed by atoms with Crippen LogP contribution in [0.25, 0.3) is 22.4 Å². The minimum absolute atomic E-state index is 0.401. The fourth-order valence-electron chi connectivity index (χ4n) is 5.00. The van der Waals surface area contributed by atoms with Gasteiger partial charge in [0.15, 0.2) is 5.76 Å². The minimum Gasteiger partial charge on any atom is -0.496 e. The first-order valence-electron chi connectivity index (χ1n) is 12.4. The molecule has 6 rings (SSSR count). The Morgan fingerprint density at radius 3 is 2.76 bits per heavy atom. The third-order valence-corrected chi connectivity index (χ3v) is 6.98. The van der Waals surface area contributed by atoms with E-state index in [-0.39, 0.29) is 0 Å². The summed E-state index contributed by atoms with van der Waals surface area (Å²) in [5, 5.41) is 5.27. The van der Waals surface area contributed by atoms with Gasteiger partial charge in [0, 0.05) is 42.4 Å². The Kier molecular flexibility index (Phi) is 5.97. The number of rotatable bonds is 6. The SMILES string of the molecule is C#Cc1ccc(N2CCCC(COc3cc(OC)cc4oc(-c5cn6c(n5)CC(OC)=N6)cc34)C2)cc1. The van der Waals surface area contributed by atoms with Gasteiger partial charge in [-0.05, 0) is 43.2 Å². The zero-order valence-electron chi connectivity index (χ0n) is 20.9. The van der Waals surface area contributed by atoms with E-state index in [9.17, 15) is 0 Å². The molecule has 1 unspecified atom stereocenters. The summed E-state index contributed by atoms with van der Waals surface area (Å²) in [6.07, 6.45) is 10.2. The van der Waals surface area contributed by atoms with Crippen molar-refractivity contribution in [3.63, 3.8) is 0 Å². The molecular formula is C29H28N4O4. The van der Waals surface area contributed by atoms with Crippen LogP contribution >= 0.6 is 0 Å². The van der Waals surface area contributed by atoms with Crippen LogP contribution in [-0.2, 0) is 11.2 Å². The van der Waals surface area contributed by atoms with Crippen LogP contribution in [0.5, 0.6) is 11.5 Å². The van der Waals surface area contributed by atoms with Gasteiger partial charge in [-0.3, -0.25) is 0 Å². The Morgan fingerprint density at radius 1 is 1.14 bits per heavy atom. The fraction of sp³-hybridized carbons (Fsp3) is 0.310. The second-order valence-corrected chi connectivity index (χ2v) is 9.37. The predicted molar refractivity (Wildman–Crippen MR) is 142 cm³/mol. The number of anilines is 1. The molecule has 8 heteroatoms. The summed E-state index contributed by atoms with van der Waals surface area (Å²) < 4.78 is 25.1. The average molecular weight is 497 g/mol. The maximum atomic E-state index is 6.40. The lowest BCUT2D eigenvalue weighted by molar-refractivity contribution is 0.230. The van der Waals surface area contributed by atoms with Crippen LogP contribution in [0.1, 0.15) is 24.2 Å². The quantitative estimate of drug-likeness (QED) is 0.352. The van der Waals surface area contributed by atoms with Crippen LogP contribution in [0.3, 0.4) is 0 Å². The summed E-state index contributed by atoms with van der Waals surface area (Å²) in [6, 6.07) is 14.0. The number of nitrogens with zero attached hydrogens (tertiary/aromatic N) is 4. The first kappa shape index (κ1) is 23.0. The van der Waals surface area contributed by atoms with Gasteiger partial charge < -0.3 is 23.5 Å². The van der Waals surface area contributed by atoms with Crippen LogP contribution in [0.15, 0.2) is 58.2 Å². The number of furan rings is 1. The highest BCUT2D eigenvalue weighted by Crippen LogP contribution is 2.37. The van der Waals surface area contributed by atoms with Gasteiger partial charge in [0.1, 0.15) is 28.6 Å². The van der Waals surface area contributed by atoms with Crippen molar-refractivity contribution >= 4 is 22.6 Å². The smallest absolute Gasteiger partial charge is 0.214 e. The van der Waals surface area contributed by atoms with Gasteiger partial charge in [-0.2, -0.15) is 0 Å². The molecular weight excluding hydrogens is 468 g/mol. The van der Waals surface area contributed by atoms with E-state index in [1.807, 2.05) is 36.5 Å². The molecule has 0 radical (unpaired) electrons. The Bertz CT molecular complexity index is 1510. The molecule has 0 spiro atoms. The fourth-order valence-corrected chi connectivity index (χ4v) is 5.00. The number of fused-ring (bicyclic) bond motifs is 2. The van der Waals surface area contributed by atoms with Crippen LogP contribution in [0.2, 0.25) is 0 Å². The van der Waals surface area contributed by atoms with Crippen molar-refractivity contribution in [3.8, 4) is 35.3 Å². The largest absolute Gasteiger partial charge is 0.496 e. The maximum absolute atomic E-state index is 6.40. The van der Waals surface area contributed by atoms with E-state index in [2.05, 4.69) is 33.0 Å². The first-order chi connectivity index (χ1) is 18.1. The van der Waals surface area contributed by atoms with E-state index >= 15 is 0 Å². The highest BCUT2D eigenvalue weighted by Gasteiger charge is 2.23. The molecule has 8 nitrogen and oxygen atoms in total. The zero-order chi connectivity index (χ0) is 25.4. The predicted octanol–water partition coefficient (Wildman–Crippen LogP) is 4.95. The number of piperidine rings is 1. The number of methoxy groups -OCH3 is 2. The van der Waals surface area contributed by atoms with Crippen molar-refractivity contribution in [1.82, 2.24) is 9.66 Å². The van der Waals surface area contributed by atoms with E-state index in [0.29, 0.717) is 47.6 Å². The normalized spacial score (nSPS) is 16.8. The number of hydrogen-bond donors (Lipinski definition) is 0. The molecule has 1 saturated heterocycles. The van der Waals surface area contributed by atoms with E-state index in [0.717, 1.165) is 48.5 Å². The number of terminal acetylenes is 1. The molecule has 1 fully saturated rings. The van der Waals surface area contributed by atoms with Crippen molar-refractivity contribution in [2.24, 2.45) is 11.0 Å². The van der Waals surface area contributed by atoms with E-state index in [1.165, 1.54) is 5.69 Å². The zero-order valence-corrected chi connectivity index (χ0v) is 20.9. The van der Waals surface area contributed by atoms with Crippen molar-refractivity contribution in [1.29, 1.82) is 0 Å². The third-order valence-electron chi connectivity index (χ3n) is 6.98. The van der Waals surface area contributed by atoms with Crippen LogP contribution in [0.4, 0.5) is 5.69 Å². The van der Waals surface area contributed by atoms with Crippen molar-refractivity contribution in [2.75, 3.05) is 38.8 Å². The molecule has 0 saturated carbocycles. The summed E-state index contributed by atoms with van der Waals surface area (Å²) in [5.41, 5.74) is 3.50. The van der Waals surface area contributed by atoms with Gasteiger partial charge in [-0.1, -0.05) is 5.92 Å². The maximum Gasteiger partial charge on any atom is 0.214 e. The van der Waals surface area contributed by atoms with Gasteiger partial charge in [-0.25, -0.2) is 9.66 Å². The molecule has 4 heterocycles. The highest BCUT2D eigenvalue weighted by atomic mass is 16.5. The summed E-state index contributed by atoms with van der Waals surface area (Å²) in [4.78, 5) is 7.09. The highest BCUT2D eigenvalue weighted by molar-refractivity contribution is 5.89. The lowest BCUT2D eigenvalue weighted by Gasteiger charge is -2.34. The topological polar surface area (TPSA) is 74.2 Å². The minimum atomic E-state index is 0.401. The van der Waals surface area contributed by atoms with Gasteiger partial charge >= 0.3 is 0 Å². The van der Waals surface area contributed by atoms with Crippen LogP contribution < -0.4 is 14.4 Å². The van der Waals surface area contributed by atoms with E-state index in [4.69, 9.17) is 25.1 Å². The standard InChI is InChI=1S/C29H28N4O4/c1-4-19-7-9-21(10-8-19)32-11-5-6-20(16-32)18-36-25-12-22(34-2)13-26-23(25)14-27(37-26)24-17-33-28(30-24)15-29(31-33)35-3/h1,7-10,12-14,17,20H,5-6,11,15-16,18H2,2-3H3. The Morgan fingerprint density at radius 2 is 2.00 bits per heavy atom. The van der Waals surface area contributed by atoms with E-state index < -0.39 is 0 Å². The summed E-state index contributed by atoms with van der Waals surface area (Å²) in [5.74, 6) is 6.63. The van der Waals surface area contributed by atoms with Gasteiger partial charge in [0.25, 0.3) is 0 Å². The molecule has 1 atom stereocenters. The molecule has 0 aliphatic carbocycles. The van der Waals surface area contributed by atoms with Crippen molar-refractivity contribution in [2.45, 2.75) is 19.3 Å². The van der Waals surface area contributed by atoms with Gasteiger partial charge in [0.2, 0.25) is 5.90 Å². The molecule has 0 bridgehead atoms. The van der Waals surface area contributed by atoms with Crippen molar-refractivity contribution < 1.29 is 18.6 Å². The Hall–Kier alpha value is -4.38. The summed E-state index contributed by atoms with van der Waals surface area (Å²) >= 11 is 0. The monoisotopic (exact) mass is 496 g/mol. The third kappa shape index (κ3) is 4.49. The van der Waals surface area contributed by atoms with Crippen molar-refractivity contribution in [3.05, 3.63) is 60.0 Å².